The van der Waals surface area contributed by atoms with E-state index in [1.165, 1.54) is 23.5 Å². The first-order valence-electron chi connectivity index (χ1n) is 9.08. The number of hydrogen-bond donors (Lipinski definition) is 0. The molecule has 0 radical (unpaired) electrons. The van der Waals surface area contributed by atoms with Crippen LogP contribution in [0.2, 0.25) is 0 Å². The van der Waals surface area contributed by atoms with Gasteiger partial charge in [-0.25, -0.2) is 4.99 Å². The number of thiazole rings is 1. The van der Waals surface area contributed by atoms with Crippen LogP contribution >= 0.6 is 11.3 Å². The highest BCUT2D eigenvalue weighted by Crippen LogP contribution is 2.25. The maximum atomic E-state index is 11.0. The molecule has 146 valence electrons. The van der Waals surface area contributed by atoms with Gasteiger partial charge in [0.25, 0.3) is 5.69 Å². The van der Waals surface area contributed by atoms with Gasteiger partial charge < -0.3 is 8.98 Å². The van der Waals surface area contributed by atoms with Gasteiger partial charge in [0.15, 0.2) is 4.80 Å². The normalized spacial score (nSPS) is 11.7. The Hall–Kier alpha value is -3.45. The van der Waals surface area contributed by atoms with Gasteiger partial charge in [-0.15, -0.1) is 11.3 Å². The summed E-state index contributed by atoms with van der Waals surface area (Å²) in [5.74, 6) is 0.813. The highest BCUT2D eigenvalue weighted by Gasteiger charge is 2.12. The lowest BCUT2D eigenvalue weighted by molar-refractivity contribution is -0.384. The summed E-state index contributed by atoms with van der Waals surface area (Å²) in [6, 6.07) is 16.6. The molecule has 0 fully saturated rings. The van der Waals surface area contributed by atoms with Crippen molar-refractivity contribution in [3.8, 4) is 11.3 Å². The average molecular weight is 405 g/mol. The fourth-order valence-electron chi connectivity index (χ4n) is 3.24. The van der Waals surface area contributed by atoms with Crippen molar-refractivity contribution in [3.05, 3.63) is 98.0 Å². The molecule has 2 aromatic heterocycles. The van der Waals surface area contributed by atoms with E-state index in [0.29, 0.717) is 6.54 Å². The Morgan fingerprint density at radius 2 is 1.83 bits per heavy atom. The third-order valence-corrected chi connectivity index (χ3v) is 5.36. The molecule has 0 saturated carbocycles. The van der Waals surface area contributed by atoms with Crippen molar-refractivity contribution in [2.75, 3.05) is 0 Å². The van der Waals surface area contributed by atoms with Crippen LogP contribution in [0.25, 0.3) is 11.3 Å². The summed E-state index contributed by atoms with van der Waals surface area (Å²) in [6.07, 6.45) is 1.65. The summed E-state index contributed by atoms with van der Waals surface area (Å²) in [4.78, 5) is 16.3. The molecule has 4 rings (SSSR count). The predicted octanol–water partition coefficient (Wildman–Crippen LogP) is 5.62. The Morgan fingerprint density at radius 1 is 1.10 bits per heavy atom. The van der Waals surface area contributed by atoms with E-state index in [1.54, 1.807) is 18.4 Å². The standard InChI is InChI=1S/C22H19N3O3S/c1-15-10-16(2)12-18(11-15)23-22-24(13-20-4-3-9-28-20)21(14-29-22)17-5-7-19(8-6-17)25(26)27/h3-12,14H,13H2,1-2H3. The highest BCUT2D eigenvalue weighted by molar-refractivity contribution is 7.07. The van der Waals surface area contributed by atoms with Gasteiger partial charge in [-0.05, 0) is 66.9 Å². The van der Waals surface area contributed by atoms with E-state index < -0.39 is 4.92 Å². The number of rotatable bonds is 5. The molecule has 0 aliphatic rings. The van der Waals surface area contributed by atoms with Crippen molar-refractivity contribution in [1.82, 2.24) is 4.57 Å². The Bertz CT molecular complexity index is 1200. The number of furan rings is 1. The first-order valence-corrected chi connectivity index (χ1v) is 9.96. The number of nitrogens with zero attached hydrogens (tertiary/aromatic N) is 3. The zero-order chi connectivity index (χ0) is 20.4. The Balaban J connectivity index is 1.83. The third kappa shape index (κ3) is 4.20. The Labute approximate surface area is 171 Å². The molecule has 0 N–H and O–H groups in total. The van der Waals surface area contributed by atoms with E-state index in [-0.39, 0.29) is 5.69 Å². The maximum absolute atomic E-state index is 11.0. The van der Waals surface area contributed by atoms with Gasteiger partial charge in [0.1, 0.15) is 5.76 Å². The molecule has 7 heteroatoms. The SMILES string of the molecule is Cc1cc(C)cc(N=c2scc(-c3ccc([N+](=O)[O-])cc3)n2Cc2ccco2)c1. The van der Waals surface area contributed by atoms with Gasteiger partial charge in [-0.3, -0.25) is 10.1 Å². The van der Waals surface area contributed by atoms with E-state index >= 15 is 0 Å². The molecular formula is C22H19N3O3S. The largest absolute Gasteiger partial charge is 0.467 e. The minimum absolute atomic E-state index is 0.0710. The van der Waals surface area contributed by atoms with Crippen molar-refractivity contribution in [2.24, 2.45) is 4.99 Å². The van der Waals surface area contributed by atoms with E-state index in [9.17, 15) is 10.1 Å². The van der Waals surface area contributed by atoms with Crippen molar-refractivity contribution in [3.63, 3.8) is 0 Å². The number of nitro groups is 1. The minimum atomic E-state index is -0.394. The number of benzene rings is 2. The maximum Gasteiger partial charge on any atom is 0.269 e. The molecule has 2 heterocycles. The molecule has 0 unspecified atom stereocenters. The van der Waals surface area contributed by atoms with Gasteiger partial charge in [0, 0.05) is 17.5 Å². The lowest BCUT2D eigenvalue weighted by atomic mass is 10.1. The second-order valence-electron chi connectivity index (χ2n) is 6.83. The van der Waals surface area contributed by atoms with Crippen LogP contribution in [-0.4, -0.2) is 9.49 Å². The molecular weight excluding hydrogens is 386 g/mol. The summed E-state index contributed by atoms with van der Waals surface area (Å²) < 4.78 is 7.62. The summed E-state index contributed by atoms with van der Waals surface area (Å²) in [5.41, 5.74) is 5.11. The molecule has 29 heavy (non-hydrogen) atoms. The molecule has 0 saturated heterocycles. The van der Waals surface area contributed by atoms with Crippen LogP contribution in [0.15, 0.2) is 75.7 Å². The van der Waals surface area contributed by atoms with Gasteiger partial charge >= 0.3 is 0 Å². The Morgan fingerprint density at radius 3 is 2.45 bits per heavy atom. The topological polar surface area (TPSA) is 73.6 Å². The molecule has 0 spiro atoms. The number of aromatic nitrogens is 1. The highest BCUT2D eigenvalue weighted by atomic mass is 32.1. The average Bonchev–Trinajstić information content (AvgIpc) is 3.32. The molecule has 0 aliphatic heterocycles. The minimum Gasteiger partial charge on any atom is -0.467 e. The number of nitro benzene ring substituents is 1. The van der Waals surface area contributed by atoms with E-state index in [2.05, 4.69) is 36.6 Å². The van der Waals surface area contributed by atoms with Gasteiger partial charge in [0.2, 0.25) is 0 Å². The first kappa shape index (κ1) is 18.9. The molecule has 6 nitrogen and oxygen atoms in total. The van der Waals surface area contributed by atoms with Crippen LogP contribution in [0, 0.1) is 24.0 Å². The molecule has 0 bridgehead atoms. The van der Waals surface area contributed by atoms with Crippen molar-refractivity contribution in [2.45, 2.75) is 20.4 Å². The van der Waals surface area contributed by atoms with Gasteiger partial charge in [-0.2, -0.15) is 0 Å². The molecule has 0 amide bonds. The molecule has 4 aromatic rings. The second-order valence-corrected chi connectivity index (χ2v) is 7.67. The zero-order valence-electron chi connectivity index (χ0n) is 16.0. The van der Waals surface area contributed by atoms with Crippen LogP contribution in [-0.2, 0) is 6.54 Å². The van der Waals surface area contributed by atoms with E-state index in [4.69, 9.17) is 9.41 Å². The summed E-state index contributed by atoms with van der Waals surface area (Å²) in [5, 5.41) is 13.0. The van der Waals surface area contributed by atoms with Crippen molar-refractivity contribution < 1.29 is 9.34 Å². The number of hydrogen-bond acceptors (Lipinski definition) is 5. The predicted molar refractivity (Wildman–Crippen MR) is 113 cm³/mol. The van der Waals surface area contributed by atoms with Crippen LogP contribution in [0.1, 0.15) is 16.9 Å². The van der Waals surface area contributed by atoms with E-state index in [1.807, 2.05) is 17.5 Å². The molecule has 0 aliphatic carbocycles. The van der Waals surface area contributed by atoms with Gasteiger partial charge in [0.05, 0.1) is 29.1 Å². The summed E-state index contributed by atoms with van der Waals surface area (Å²) in [7, 11) is 0. The van der Waals surface area contributed by atoms with E-state index in [0.717, 1.165) is 38.6 Å². The lowest BCUT2D eigenvalue weighted by Crippen LogP contribution is -2.16. The van der Waals surface area contributed by atoms with Crippen LogP contribution in [0.5, 0.6) is 0 Å². The lowest BCUT2D eigenvalue weighted by Gasteiger charge is -2.08. The second kappa shape index (κ2) is 7.89. The number of aryl methyl sites for hydroxylation is 2. The van der Waals surface area contributed by atoms with Crippen molar-refractivity contribution in [1.29, 1.82) is 0 Å². The Kier molecular flexibility index (Phi) is 5.14. The summed E-state index contributed by atoms with van der Waals surface area (Å²) >= 11 is 1.53. The van der Waals surface area contributed by atoms with Gasteiger partial charge in [-0.1, -0.05) is 6.07 Å². The zero-order valence-corrected chi connectivity index (χ0v) is 16.8. The number of non-ortho nitro benzene ring substituents is 1. The third-order valence-electron chi connectivity index (χ3n) is 4.50. The van der Waals surface area contributed by atoms with Crippen LogP contribution < -0.4 is 4.80 Å². The summed E-state index contributed by atoms with van der Waals surface area (Å²) in [6.45, 7) is 4.63. The van der Waals surface area contributed by atoms with Crippen LogP contribution in [0.3, 0.4) is 0 Å². The quantitative estimate of drug-likeness (QED) is 0.320. The molecule has 2 aromatic carbocycles. The monoisotopic (exact) mass is 405 g/mol. The fourth-order valence-corrected chi connectivity index (χ4v) is 4.17. The molecule has 0 atom stereocenters. The van der Waals surface area contributed by atoms with Crippen molar-refractivity contribution >= 4 is 22.7 Å². The smallest absolute Gasteiger partial charge is 0.269 e. The first-order chi connectivity index (χ1) is 14.0. The van der Waals surface area contributed by atoms with Crippen LogP contribution in [0.4, 0.5) is 11.4 Å². The fraction of sp³-hybridized carbons (Fsp3) is 0.136.